The lowest BCUT2D eigenvalue weighted by Gasteiger charge is -2.10. The van der Waals surface area contributed by atoms with E-state index in [0.717, 1.165) is 16.1 Å². The summed E-state index contributed by atoms with van der Waals surface area (Å²) in [6.45, 7) is 5.89. The van der Waals surface area contributed by atoms with Crippen LogP contribution >= 0.6 is 11.3 Å². The fraction of sp³-hybridized carbons (Fsp3) is 0.150. The van der Waals surface area contributed by atoms with Crippen LogP contribution in [0.1, 0.15) is 25.8 Å². The summed E-state index contributed by atoms with van der Waals surface area (Å²) in [5.74, 6) is -0.275. The van der Waals surface area contributed by atoms with Crippen molar-refractivity contribution in [1.29, 1.82) is 0 Å². The molecule has 0 fully saturated rings. The van der Waals surface area contributed by atoms with Gasteiger partial charge in [-0.15, -0.1) is 11.3 Å². The Morgan fingerprint density at radius 3 is 2.59 bits per heavy atom. The molecule has 3 aromatic heterocycles. The van der Waals surface area contributed by atoms with Crippen LogP contribution in [0.5, 0.6) is 0 Å². The molecule has 0 saturated heterocycles. The Balaban J connectivity index is 1.75. The highest BCUT2D eigenvalue weighted by atomic mass is 32.1. The Morgan fingerprint density at radius 1 is 1.11 bits per heavy atom. The first-order valence-electron chi connectivity index (χ1n) is 8.49. The second-order valence-electron chi connectivity index (χ2n) is 6.28. The minimum Gasteiger partial charge on any atom is -0.335 e. The van der Waals surface area contributed by atoms with Crippen LogP contribution in [0.2, 0.25) is 0 Å². The molecule has 4 rings (SSSR count). The van der Waals surface area contributed by atoms with Gasteiger partial charge < -0.3 is 4.52 Å². The molecule has 0 radical (unpaired) electrons. The van der Waals surface area contributed by atoms with Gasteiger partial charge in [-0.05, 0) is 45.0 Å². The molecule has 6 nitrogen and oxygen atoms in total. The summed E-state index contributed by atoms with van der Waals surface area (Å²) >= 11 is 1.70. The van der Waals surface area contributed by atoms with Crippen molar-refractivity contribution in [3.8, 4) is 11.3 Å². The van der Waals surface area contributed by atoms with E-state index < -0.39 is 0 Å². The predicted molar refractivity (Wildman–Crippen MR) is 107 cm³/mol. The first-order valence-corrected chi connectivity index (χ1v) is 9.30. The van der Waals surface area contributed by atoms with E-state index in [0.29, 0.717) is 28.1 Å². The number of para-hydroxylation sites is 1. The van der Waals surface area contributed by atoms with Gasteiger partial charge in [0.05, 0.1) is 28.0 Å². The van der Waals surface area contributed by atoms with Crippen LogP contribution in [0.4, 0.5) is 5.69 Å². The van der Waals surface area contributed by atoms with Crippen molar-refractivity contribution in [1.82, 2.24) is 15.6 Å². The van der Waals surface area contributed by atoms with Gasteiger partial charge in [0.15, 0.2) is 0 Å². The van der Waals surface area contributed by atoms with Crippen LogP contribution in [0.15, 0.2) is 47.0 Å². The normalized spacial score (nSPS) is 10.9. The summed E-state index contributed by atoms with van der Waals surface area (Å²) in [5.41, 5.74) is 9.62. The average molecular weight is 378 g/mol. The highest BCUT2D eigenvalue weighted by Crippen LogP contribution is 2.32. The molecule has 0 saturated carbocycles. The molecule has 136 valence electrons. The SMILES string of the molecule is Cc1cc(-c2cc(C(=O)NNc3ccccc3)c3c(C)noc3n2)c(C)s1. The van der Waals surface area contributed by atoms with Crippen LogP contribution < -0.4 is 10.9 Å². The number of nitrogens with one attached hydrogen (secondary N) is 2. The summed E-state index contributed by atoms with van der Waals surface area (Å²) in [7, 11) is 0. The van der Waals surface area contributed by atoms with Gasteiger partial charge in [0.1, 0.15) is 0 Å². The summed E-state index contributed by atoms with van der Waals surface area (Å²) in [4.78, 5) is 19.8. The first-order chi connectivity index (χ1) is 13.0. The number of aromatic nitrogens is 2. The molecule has 0 aliphatic rings. The standard InChI is InChI=1S/C20H18N4O2S/c1-11-9-15(13(3)27-11)17-10-16(18-12(2)24-26-20(18)21-17)19(25)23-22-14-7-5-4-6-8-14/h4-10,22H,1-3H3,(H,23,25). The quantitative estimate of drug-likeness (QED) is 0.506. The highest BCUT2D eigenvalue weighted by molar-refractivity contribution is 7.12. The molecule has 1 amide bonds. The van der Waals surface area contributed by atoms with Crippen molar-refractivity contribution in [2.45, 2.75) is 20.8 Å². The molecule has 0 aliphatic heterocycles. The zero-order valence-corrected chi connectivity index (χ0v) is 16.0. The Morgan fingerprint density at radius 2 is 1.89 bits per heavy atom. The fourth-order valence-electron chi connectivity index (χ4n) is 3.01. The van der Waals surface area contributed by atoms with E-state index in [2.05, 4.69) is 34.0 Å². The Bertz CT molecular complexity index is 1130. The van der Waals surface area contributed by atoms with Gasteiger partial charge >= 0.3 is 0 Å². The number of pyridine rings is 1. The second kappa shape index (κ2) is 6.85. The third-order valence-electron chi connectivity index (χ3n) is 4.27. The molecular formula is C20H18N4O2S. The van der Waals surface area contributed by atoms with Gasteiger partial charge in [-0.1, -0.05) is 23.4 Å². The summed E-state index contributed by atoms with van der Waals surface area (Å²) in [6, 6.07) is 13.3. The van der Waals surface area contributed by atoms with E-state index >= 15 is 0 Å². The van der Waals surface area contributed by atoms with Crippen LogP contribution in [-0.2, 0) is 0 Å². The van der Waals surface area contributed by atoms with E-state index in [1.54, 1.807) is 24.3 Å². The van der Waals surface area contributed by atoms with Gasteiger partial charge in [-0.25, -0.2) is 4.98 Å². The predicted octanol–water partition coefficient (Wildman–Crippen LogP) is 4.63. The molecule has 4 aromatic rings. The number of aryl methyl sites for hydroxylation is 3. The van der Waals surface area contributed by atoms with Crippen LogP contribution in [0, 0.1) is 20.8 Å². The Kier molecular flexibility index (Phi) is 4.37. The molecule has 0 spiro atoms. The Labute approximate surface area is 160 Å². The van der Waals surface area contributed by atoms with Crippen molar-refractivity contribution in [3.63, 3.8) is 0 Å². The van der Waals surface area contributed by atoms with Crippen molar-refractivity contribution < 1.29 is 9.32 Å². The molecule has 0 aliphatic carbocycles. The maximum Gasteiger partial charge on any atom is 0.270 e. The van der Waals surface area contributed by atoms with Crippen molar-refractivity contribution in [2.75, 3.05) is 5.43 Å². The number of rotatable bonds is 4. The first kappa shape index (κ1) is 17.2. The van der Waals surface area contributed by atoms with E-state index in [9.17, 15) is 4.79 Å². The average Bonchev–Trinajstić information content (AvgIpc) is 3.21. The number of benzene rings is 1. The number of hydrogen-bond donors (Lipinski definition) is 2. The lowest BCUT2D eigenvalue weighted by molar-refractivity contribution is 0.0964. The highest BCUT2D eigenvalue weighted by Gasteiger charge is 2.20. The van der Waals surface area contributed by atoms with E-state index in [1.807, 2.05) is 37.3 Å². The molecule has 1 aromatic carbocycles. The summed E-state index contributed by atoms with van der Waals surface area (Å²) in [6.07, 6.45) is 0. The zero-order chi connectivity index (χ0) is 19.0. The largest absolute Gasteiger partial charge is 0.335 e. The van der Waals surface area contributed by atoms with Crippen molar-refractivity contribution in [2.24, 2.45) is 0 Å². The summed E-state index contributed by atoms with van der Waals surface area (Å²) in [5, 5.41) is 4.61. The van der Waals surface area contributed by atoms with Crippen molar-refractivity contribution >= 4 is 34.0 Å². The number of carbonyl (C=O) groups excluding carboxylic acids is 1. The molecule has 0 bridgehead atoms. The van der Waals surface area contributed by atoms with Gasteiger partial charge in [-0.2, -0.15) is 0 Å². The minimum absolute atomic E-state index is 0.275. The molecule has 2 N–H and O–H groups in total. The van der Waals surface area contributed by atoms with Gasteiger partial charge in [-0.3, -0.25) is 15.6 Å². The van der Waals surface area contributed by atoms with Crippen LogP contribution in [0.25, 0.3) is 22.4 Å². The number of fused-ring (bicyclic) bond motifs is 1. The fourth-order valence-corrected chi connectivity index (χ4v) is 3.95. The number of hydrazine groups is 1. The van der Waals surface area contributed by atoms with Gasteiger partial charge in [0, 0.05) is 15.3 Å². The maximum atomic E-state index is 12.9. The third-order valence-corrected chi connectivity index (χ3v) is 5.24. The molecule has 0 unspecified atom stereocenters. The van der Waals surface area contributed by atoms with Crippen LogP contribution in [-0.4, -0.2) is 16.0 Å². The third kappa shape index (κ3) is 3.29. The molecule has 3 heterocycles. The van der Waals surface area contributed by atoms with E-state index in [-0.39, 0.29) is 5.91 Å². The smallest absolute Gasteiger partial charge is 0.270 e. The van der Waals surface area contributed by atoms with E-state index in [1.165, 1.54) is 4.88 Å². The topological polar surface area (TPSA) is 80.0 Å². The van der Waals surface area contributed by atoms with Crippen molar-refractivity contribution in [3.05, 3.63) is 63.5 Å². The second-order valence-corrected chi connectivity index (χ2v) is 7.74. The molecular weight excluding hydrogens is 360 g/mol. The number of amides is 1. The number of hydrogen-bond acceptors (Lipinski definition) is 6. The number of anilines is 1. The van der Waals surface area contributed by atoms with E-state index in [4.69, 9.17) is 4.52 Å². The number of carbonyl (C=O) groups is 1. The molecule has 0 atom stereocenters. The minimum atomic E-state index is -0.275. The van der Waals surface area contributed by atoms with Gasteiger partial charge in [0.2, 0.25) is 0 Å². The monoisotopic (exact) mass is 378 g/mol. The van der Waals surface area contributed by atoms with Gasteiger partial charge in [0.25, 0.3) is 11.6 Å². The molecule has 27 heavy (non-hydrogen) atoms. The lowest BCUT2D eigenvalue weighted by Crippen LogP contribution is -2.29. The number of thiophene rings is 1. The van der Waals surface area contributed by atoms with Crippen LogP contribution in [0.3, 0.4) is 0 Å². The lowest BCUT2D eigenvalue weighted by atomic mass is 10.1. The summed E-state index contributed by atoms with van der Waals surface area (Å²) < 4.78 is 5.35. The number of nitrogens with zero attached hydrogens (tertiary/aromatic N) is 2. The Hall–Kier alpha value is -3.19. The zero-order valence-electron chi connectivity index (χ0n) is 15.2. The maximum absolute atomic E-state index is 12.9. The molecule has 7 heteroatoms.